The van der Waals surface area contributed by atoms with Crippen LogP contribution in [0.2, 0.25) is 0 Å². The van der Waals surface area contributed by atoms with E-state index in [-0.39, 0.29) is 0 Å². The van der Waals surface area contributed by atoms with Gasteiger partial charge in [0.05, 0.1) is 6.10 Å². The summed E-state index contributed by atoms with van der Waals surface area (Å²) in [6, 6.07) is 0. The lowest BCUT2D eigenvalue weighted by atomic mass is 10.1. The fourth-order valence-corrected chi connectivity index (χ4v) is 1.31. The molecular formula is C11H22O. The second kappa shape index (κ2) is 8.79. The molecule has 0 saturated carbocycles. The van der Waals surface area contributed by atoms with E-state index in [1.807, 2.05) is 6.08 Å². The van der Waals surface area contributed by atoms with Gasteiger partial charge < -0.3 is 4.74 Å². The van der Waals surface area contributed by atoms with Crippen molar-refractivity contribution < 1.29 is 4.74 Å². The molecular weight excluding hydrogens is 148 g/mol. The Morgan fingerprint density at radius 3 is 2.58 bits per heavy atom. The first-order valence-electron chi connectivity index (χ1n) is 5.07. The van der Waals surface area contributed by atoms with Crippen molar-refractivity contribution in [3.05, 3.63) is 12.7 Å². The molecule has 0 bridgehead atoms. The third kappa shape index (κ3) is 6.41. The van der Waals surface area contributed by atoms with Crippen LogP contribution in [0, 0.1) is 0 Å². The zero-order valence-corrected chi connectivity index (χ0v) is 8.51. The van der Waals surface area contributed by atoms with Gasteiger partial charge in [0.25, 0.3) is 0 Å². The van der Waals surface area contributed by atoms with Crippen LogP contribution in [0.4, 0.5) is 0 Å². The van der Waals surface area contributed by atoms with Crippen molar-refractivity contribution in [1.82, 2.24) is 0 Å². The lowest BCUT2D eigenvalue weighted by molar-refractivity contribution is 0.0572. The van der Waals surface area contributed by atoms with Gasteiger partial charge in [-0.1, -0.05) is 32.3 Å². The van der Waals surface area contributed by atoms with Crippen LogP contribution in [0.1, 0.15) is 46.0 Å². The van der Waals surface area contributed by atoms with Gasteiger partial charge in [0.2, 0.25) is 0 Å². The number of rotatable bonds is 8. The SMILES string of the molecule is C=CCC(CCCCC)OCC. The van der Waals surface area contributed by atoms with Gasteiger partial charge in [-0.3, -0.25) is 0 Å². The van der Waals surface area contributed by atoms with Gasteiger partial charge in [-0.05, 0) is 19.8 Å². The van der Waals surface area contributed by atoms with E-state index in [2.05, 4.69) is 20.4 Å². The molecule has 0 N–H and O–H groups in total. The van der Waals surface area contributed by atoms with E-state index in [0.29, 0.717) is 6.10 Å². The summed E-state index contributed by atoms with van der Waals surface area (Å²) >= 11 is 0. The summed E-state index contributed by atoms with van der Waals surface area (Å²) in [6.45, 7) is 8.83. The molecule has 12 heavy (non-hydrogen) atoms. The van der Waals surface area contributed by atoms with E-state index < -0.39 is 0 Å². The van der Waals surface area contributed by atoms with E-state index in [0.717, 1.165) is 13.0 Å². The number of unbranched alkanes of at least 4 members (excludes halogenated alkanes) is 2. The van der Waals surface area contributed by atoms with Crippen molar-refractivity contribution >= 4 is 0 Å². The summed E-state index contributed by atoms with van der Waals surface area (Å²) in [6.07, 6.45) is 8.44. The summed E-state index contributed by atoms with van der Waals surface area (Å²) in [7, 11) is 0. The highest BCUT2D eigenvalue weighted by Gasteiger charge is 2.04. The number of hydrogen-bond acceptors (Lipinski definition) is 1. The smallest absolute Gasteiger partial charge is 0.0609 e. The van der Waals surface area contributed by atoms with Gasteiger partial charge in [-0.2, -0.15) is 0 Å². The first-order valence-corrected chi connectivity index (χ1v) is 5.07. The Morgan fingerprint density at radius 1 is 1.33 bits per heavy atom. The monoisotopic (exact) mass is 170 g/mol. The van der Waals surface area contributed by atoms with Gasteiger partial charge >= 0.3 is 0 Å². The Labute approximate surface area is 76.8 Å². The molecule has 0 heterocycles. The van der Waals surface area contributed by atoms with Gasteiger partial charge in [-0.15, -0.1) is 6.58 Å². The van der Waals surface area contributed by atoms with E-state index in [1.54, 1.807) is 0 Å². The zero-order chi connectivity index (χ0) is 9.23. The summed E-state index contributed by atoms with van der Waals surface area (Å²) < 4.78 is 5.56. The Bertz CT molecular complexity index is 99.2. The molecule has 1 heteroatoms. The van der Waals surface area contributed by atoms with E-state index in [1.165, 1.54) is 25.7 Å². The van der Waals surface area contributed by atoms with Crippen LogP contribution in [0.5, 0.6) is 0 Å². The van der Waals surface area contributed by atoms with Crippen LogP contribution < -0.4 is 0 Å². The van der Waals surface area contributed by atoms with Gasteiger partial charge in [0.1, 0.15) is 0 Å². The normalized spacial score (nSPS) is 12.8. The molecule has 0 amide bonds. The molecule has 72 valence electrons. The van der Waals surface area contributed by atoms with Crippen LogP contribution in [0.25, 0.3) is 0 Å². The van der Waals surface area contributed by atoms with Crippen LogP contribution in [-0.4, -0.2) is 12.7 Å². The lowest BCUT2D eigenvalue weighted by Crippen LogP contribution is -2.11. The highest BCUT2D eigenvalue weighted by molar-refractivity contribution is 4.73. The van der Waals surface area contributed by atoms with E-state index in [4.69, 9.17) is 4.74 Å². The summed E-state index contributed by atoms with van der Waals surface area (Å²) in [5.74, 6) is 0. The molecule has 0 aromatic heterocycles. The predicted octanol–water partition coefficient (Wildman–Crippen LogP) is 3.55. The van der Waals surface area contributed by atoms with Crippen molar-refractivity contribution in [2.24, 2.45) is 0 Å². The molecule has 0 aliphatic heterocycles. The molecule has 1 nitrogen and oxygen atoms in total. The van der Waals surface area contributed by atoms with Crippen LogP contribution >= 0.6 is 0 Å². The molecule has 0 aliphatic carbocycles. The maximum absolute atomic E-state index is 5.56. The highest BCUT2D eigenvalue weighted by Crippen LogP contribution is 2.10. The topological polar surface area (TPSA) is 9.23 Å². The Morgan fingerprint density at radius 2 is 2.08 bits per heavy atom. The average Bonchev–Trinajstić information content (AvgIpc) is 2.06. The Kier molecular flexibility index (Phi) is 8.57. The largest absolute Gasteiger partial charge is 0.378 e. The van der Waals surface area contributed by atoms with Crippen LogP contribution in [0.3, 0.4) is 0 Å². The van der Waals surface area contributed by atoms with Gasteiger partial charge in [0, 0.05) is 6.61 Å². The molecule has 0 aliphatic rings. The molecule has 0 radical (unpaired) electrons. The third-order valence-corrected chi connectivity index (χ3v) is 1.96. The molecule has 0 rings (SSSR count). The average molecular weight is 170 g/mol. The van der Waals surface area contributed by atoms with E-state index >= 15 is 0 Å². The second-order valence-corrected chi connectivity index (χ2v) is 3.10. The van der Waals surface area contributed by atoms with E-state index in [9.17, 15) is 0 Å². The molecule has 0 aromatic carbocycles. The summed E-state index contributed by atoms with van der Waals surface area (Å²) in [4.78, 5) is 0. The standard InChI is InChI=1S/C11H22O/c1-4-7-8-10-11(9-5-2)12-6-3/h5,11H,2,4,6-10H2,1,3H3. The fraction of sp³-hybridized carbons (Fsp3) is 0.818. The Hall–Kier alpha value is -0.300. The second-order valence-electron chi connectivity index (χ2n) is 3.10. The quantitative estimate of drug-likeness (QED) is 0.400. The van der Waals surface area contributed by atoms with Crippen LogP contribution in [0.15, 0.2) is 12.7 Å². The van der Waals surface area contributed by atoms with Crippen molar-refractivity contribution in [1.29, 1.82) is 0 Å². The van der Waals surface area contributed by atoms with Gasteiger partial charge in [-0.25, -0.2) is 0 Å². The minimum absolute atomic E-state index is 0.416. The number of hydrogen-bond donors (Lipinski definition) is 0. The zero-order valence-electron chi connectivity index (χ0n) is 8.51. The molecule has 1 atom stereocenters. The molecule has 0 fully saturated rings. The predicted molar refractivity (Wildman–Crippen MR) is 54.4 cm³/mol. The van der Waals surface area contributed by atoms with Crippen molar-refractivity contribution in [2.75, 3.05) is 6.61 Å². The van der Waals surface area contributed by atoms with Gasteiger partial charge in [0.15, 0.2) is 0 Å². The minimum Gasteiger partial charge on any atom is -0.378 e. The molecule has 0 saturated heterocycles. The van der Waals surface area contributed by atoms with Crippen molar-refractivity contribution in [2.45, 2.75) is 52.1 Å². The Balaban J connectivity index is 3.40. The first-order chi connectivity index (χ1) is 5.85. The van der Waals surface area contributed by atoms with Crippen LogP contribution in [-0.2, 0) is 4.74 Å². The molecule has 1 unspecified atom stereocenters. The summed E-state index contributed by atoms with van der Waals surface area (Å²) in [5, 5.41) is 0. The van der Waals surface area contributed by atoms with Crippen molar-refractivity contribution in [3.8, 4) is 0 Å². The fourth-order valence-electron chi connectivity index (χ4n) is 1.31. The minimum atomic E-state index is 0.416. The molecule has 0 aromatic rings. The first kappa shape index (κ1) is 11.7. The van der Waals surface area contributed by atoms with Crippen molar-refractivity contribution in [3.63, 3.8) is 0 Å². The summed E-state index contributed by atoms with van der Waals surface area (Å²) in [5.41, 5.74) is 0. The highest BCUT2D eigenvalue weighted by atomic mass is 16.5. The maximum atomic E-state index is 5.56. The number of ether oxygens (including phenoxy) is 1. The maximum Gasteiger partial charge on any atom is 0.0609 e. The molecule has 0 spiro atoms. The third-order valence-electron chi connectivity index (χ3n) is 1.96. The lowest BCUT2D eigenvalue weighted by Gasteiger charge is -2.14.